The molecule has 0 radical (unpaired) electrons. The van der Waals surface area contributed by atoms with Crippen molar-refractivity contribution in [2.75, 3.05) is 0 Å². The molecule has 33 heavy (non-hydrogen) atoms. The molecule has 0 heterocycles. The summed E-state index contributed by atoms with van der Waals surface area (Å²) in [7, 11) is 0. The topological polar surface area (TPSA) is 60.7 Å². The Bertz CT molecular complexity index is 776. The van der Waals surface area contributed by atoms with Gasteiger partial charge in [0, 0.05) is 0 Å². The first-order chi connectivity index (χ1) is 15.0. The average molecular weight is 461 g/mol. The van der Waals surface area contributed by atoms with Crippen LogP contribution in [-0.2, 0) is 0 Å². The summed E-state index contributed by atoms with van der Waals surface area (Å²) in [6.45, 7) is 18.0. The zero-order valence-electron chi connectivity index (χ0n) is 22.7. The SMILES string of the molecule is CC(C)(O)C=CCC(C)(O)C1CCC2(C)C1CCC1C3(C)CCC(O)C(C)(C)C3CCC12C. The van der Waals surface area contributed by atoms with E-state index in [1.807, 2.05) is 19.1 Å². The number of aliphatic hydroxyl groups is 3. The molecule has 4 aliphatic rings. The lowest BCUT2D eigenvalue weighted by atomic mass is 9.35. The van der Waals surface area contributed by atoms with E-state index in [4.69, 9.17) is 0 Å². The second kappa shape index (κ2) is 7.81. The van der Waals surface area contributed by atoms with Crippen LogP contribution in [0.2, 0.25) is 0 Å². The van der Waals surface area contributed by atoms with Crippen LogP contribution in [0.3, 0.4) is 0 Å². The molecule has 4 fully saturated rings. The number of rotatable bonds is 4. The number of hydrogen-bond donors (Lipinski definition) is 3. The van der Waals surface area contributed by atoms with Crippen LogP contribution in [0.5, 0.6) is 0 Å². The molecule has 0 amide bonds. The fourth-order valence-corrected chi connectivity index (χ4v) is 10.2. The van der Waals surface area contributed by atoms with Crippen LogP contribution in [0.4, 0.5) is 0 Å². The standard InChI is InChI=1S/C30H52O3/c1-25(2,32)15-9-16-30(8,33)21-12-18-28(6)20(21)10-11-23-27(5)17-14-24(31)26(3,4)22(27)13-19-29(23,28)7/h9,15,20-24,31-33H,10-14,16-19H2,1-8H3. The monoisotopic (exact) mass is 460 g/mol. The Morgan fingerprint density at radius 2 is 1.42 bits per heavy atom. The van der Waals surface area contributed by atoms with E-state index in [-0.39, 0.29) is 16.9 Å². The molecule has 9 unspecified atom stereocenters. The fraction of sp³-hybridized carbons (Fsp3) is 0.933. The van der Waals surface area contributed by atoms with Crippen molar-refractivity contribution in [1.29, 1.82) is 0 Å². The van der Waals surface area contributed by atoms with Gasteiger partial charge < -0.3 is 15.3 Å². The van der Waals surface area contributed by atoms with Gasteiger partial charge in [-0.2, -0.15) is 0 Å². The number of hydrogen-bond acceptors (Lipinski definition) is 3. The summed E-state index contributed by atoms with van der Waals surface area (Å²) < 4.78 is 0. The lowest BCUT2D eigenvalue weighted by Crippen LogP contribution is -2.64. The largest absolute Gasteiger partial charge is 0.393 e. The Morgan fingerprint density at radius 3 is 2.06 bits per heavy atom. The van der Waals surface area contributed by atoms with Crippen molar-refractivity contribution in [1.82, 2.24) is 0 Å². The van der Waals surface area contributed by atoms with Crippen LogP contribution in [0.25, 0.3) is 0 Å². The maximum atomic E-state index is 11.6. The highest BCUT2D eigenvalue weighted by molar-refractivity contribution is 5.18. The van der Waals surface area contributed by atoms with Crippen molar-refractivity contribution in [2.45, 2.75) is 130 Å². The Labute approximate surface area is 203 Å². The van der Waals surface area contributed by atoms with Gasteiger partial charge in [0.2, 0.25) is 0 Å². The van der Waals surface area contributed by atoms with Crippen molar-refractivity contribution in [3.63, 3.8) is 0 Å². The molecule has 0 aromatic carbocycles. The quantitative estimate of drug-likeness (QED) is 0.420. The van der Waals surface area contributed by atoms with Gasteiger partial charge in [-0.3, -0.25) is 0 Å². The van der Waals surface area contributed by atoms with Crippen molar-refractivity contribution < 1.29 is 15.3 Å². The van der Waals surface area contributed by atoms with Gasteiger partial charge in [-0.1, -0.05) is 46.8 Å². The highest BCUT2D eigenvalue weighted by Gasteiger charge is 2.69. The van der Waals surface area contributed by atoms with E-state index in [0.29, 0.717) is 40.9 Å². The molecule has 4 aliphatic carbocycles. The van der Waals surface area contributed by atoms with Gasteiger partial charge in [-0.25, -0.2) is 0 Å². The Hall–Kier alpha value is -0.380. The summed E-state index contributed by atoms with van der Waals surface area (Å²) in [5.74, 6) is 2.18. The first-order valence-electron chi connectivity index (χ1n) is 13.8. The van der Waals surface area contributed by atoms with E-state index in [0.717, 1.165) is 19.3 Å². The van der Waals surface area contributed by atoms with Crippen LogP contribution in [0, 0.1) is 45.3 Å². The van der Waals surface area contributed by atoms with E-state index < -0.39 is 11.2 Å². The molecule has 190 valence electrons. The summed E-state index contributed by atoms with van der Waals surface area (Å²) >= 11 is 0. The molecular weight excluding hydrogens is 408 g/mol. The minimum atomic E-state index is -0.832. The molecule has 3 nitrogen and oxygen atoms in total. The van der Waals surface area contributed by atoms with Gasteiger partial charge in [0.15, 0.2) is 0 Å². The molecule has 4 saturated carbocycles. The molecule has 0 saturated heterocycles. The zero-order valence-corrected chi connectivity index (χ0v) is 22.7. The summed E-state index contributed by atoms with van der Waals surface area (Å²) in [6.07, 6.45) is 13.7. The Kier molecular flexibility index (Phi) is 6.08. The third-order valence-electron chi connectivity index (χ3n) is 12.2. The highest BCUT2D eigenvalue weighted by atomic mass is 16.3. The number of aliphatic hydroxyl groups excluding tert-OH is 1. The van der Waals surface area contributed by atoms with Gasteiger partial charge in [-0.05, 0) is 124 Å². The maximum absolute atomic E-state index is 11.6. The molecule has 3 heteroatoms. The fourth-order valence-electron chi connectivity index (χ4n) is 10.2. The van der Waals surface area contributed by atoms with Crippen LogP contribution in [0.15, 0.2) is 12.2 Å². The second-order valence-electron chi connectivity index (χ2n) is 14.8. The second-order valence-corrected chi connectivity index (χ2v) is 14.8. The Balaban J connectivity index is 1.61. The lowest BCUT2D eigenvalue weighted by Gasteiger charge is -2.70. The smallest absolute Gasteiger partial charge is 0.0771 e. The minimum absolute atomic E-state index is 0.000777. The average Bonchev–Trinajstić information content (AvgIpc) is 3.03. The summed E-state index contributed by atoms with van der Waals surface area (Å²) in [4.78, 5) is 0. The van der Waals surface area contributed by atoms with Gasteiger partial charge in [0.05, 0.1) is 17.3 Å². The molecule has 4 rings (SSSR count). The molecular formula is C30H52O3. The van der Waals surface area contributed by atoms with Crippen molar-refractivity contribution in [3.8, 4) is 0 Å². The van der Waals surface area contributed by atoms with Gasteiger partial charge in [0.1, 0.15) is 0 Å². The molecule has 0 spiro atoms. The maximum Gasteiger partial charge on any atom is 0.0771 e. The van der Waals surface area contributed by atoms with Crippen molar-refractivity contribution >= 4 is 0 Å². The van der Waals surface area contributed by atoms with Crippen LogP contribution in [0.1, 0.15) is 113 Å². The number of fused-ring (bicyclic) bond motifs is 5. The minimum Gasteiger partial charge on any atom is -0.393 e. The van der Waals surface area contributed by atoms with E-state index in [9.17, 15) is 15.3 Å². The predicted molar refractivity (Wildman–Crippen MR) is 136 cm³/mol. The zero-order chi connectivity index (χ0) is 24.7. The van der Waals surface area contributed by atoms with Crippen LogP contribution in [-0.4, -0.2) is 32.6 Å². The van der Waals surface area contributed by atoms with Crippen molar-refractivity contribution in [2.24, 2.45) is 45.3 Å². The Morgan fingerprint density at radius 1 is 0.788 bits per heavy atom. The molecule has 0 bridgehead atoms. The van der Waals surface area contributed by atoms with Gasteiger partial charge >= 0.3 is 0 Å². The third kappa shape index (κ3) is 3.78. The highest BCUT2D eigenvalue weighted by Crippen LogP contribution is 2.75. The molecule has 0 aromatic heterocycles. The predicted octanol–water partition coefficient (Wildman–Crippen LogP) is 6.50. The summed E-state index contributed by atoms with van der Waals surface area (Å²) in [5.41, 5.74) is -0.695. The molecule has 3 N–H and O–H groups in total. The van der Waals surface area contributed by atoms with Crippen LogP contribution >= 0.6 is 0 Å². The molecule has 0 aliphatic heterocycles. The summed E-state index contributed by atoms with van der Waals surface area (Å²) in [5, 5.41) is 32.5. The normalized spacial score (nSPS) is 49.2. The van der Waals surface area contributed by atoms with Gasteiger partial charge in [-0.15, -0.1) is 0 Å². The molecule has 9 atom stereocenters. The van der Waals surface area contributed by atoms with E-state index in [1.165, 1.54) is 32.1 Å². The van der Waals surface area contributed by atoms with Gasteiger partial charge in [0.25, 0.3) is 0 Å². The van der Waals surface area contributed by atoms with E-state index in [2.05, 4.69) is 34.6 Å². The van der Waals surface area contributed by atoms with Crippen molar-refractivity contribution in [3.05, 3.63) is 12.2 Å². The lowest BCUT2D eigenvalue weighted by molar-refractivity contribution is -0.224. The molecule has 0 aromatic rings. The van der Waals surface area contributed by atoms with E-state index in [1.54, 1.807) is 13.8 Å². The third-order valence-corrected chi connectivity index (χ3v) is 12.2. The first kappa shape index (κ1) is 25.7. The van der Waals surface area contributed by atoms with E-state index >= 15 is 0 Å². The first-order valence-corrected chi connectivity index (χ1v) is 13.8. The summed E-state index contributed by atoms with van der Waals surface area (Å²) in [6, 6.07) is 0. The van der Waals surface area contributed by atoms with Crippen LogP contribution < -0.4 is 0 Å².